The second kappa shape index (κ2) is 9.35. The third kappa shape index (κ3) is 4.31. The molecule has 1 aromatic carbocycles. The predicted octanol–water partition coefficient (Wildman–Crippen LogP) is 3.88. The van der Waals surface area contributed by atoms with Crippen molar-refractivity contribution in [2.24, 2.45) is 0 Å². The van der Waals surface area contributed by atoms with Crippen LogP contribution in [0.3, 0.4) is 0 Å². The number of benzene rings is 1. The van der Waals surface area contributed by atoms with Crippen LogP contribution in [0.15, 0.2) is 36.7 Å². The van der Waals surface area contributed by atoms with Gasteiger partial charge in [-0.05, 0) is 43.7 Å². The largest absolute Gasteiger partial charge is 0.507 e. The minimum Gasteiger partial charge on any atom is -0.507 e. The van der Waals surface area contributed by atoms with E-state index in [-0.39, 0.29) is 30.6 Å². The molecule has 1 aliphatic carbocycles. The van der Waals surface area contributed by atoms with Crippen LogP contribution in [0, 0.1) is 0 Å². The van der Waals surface area contributed by atoms with Crippen LogP contribution in [-0.4, -0.2) is 56.7 Å². The van der Waals surface area contributed by atoms with Crippen LogP contribution in [0.4, 0.5) is 5.13 Å². The molecule has 1 fully saturated rings. The van der Waals surface area contributed by atoms with Gasteiger partial charge in [0.1, 0.15) is 5.75 Å². The Labute approximate surface area is 195 Å². The Morgan fingerprint density at radius 2 is 1.97 bits per heavy atom. The van der Waals surface area contributed by atoms with Gasteiger partial charge in [-0.15, -0.1) is 35.0 Å². The molecule has 1 saturated carbocycles. The molecule has 5 rings (SSSR count). The van der Waals surface area contributed by atoms with Crippen LogP contribution in [-0.2, 0) is 0 Å². The van der Waals surface area contributed by atoms with Gasteiger partial charge in [-0.2, -0.15) is 10.1 Å². The van der Waals surface area contributed by atoms with E-state index >= 15 is 0 Å². The summed E-state index contributed by atoms with van der Waals surface area (Å²) in [4.78, 5) is 6.88. The van der Waals surface area contributed by atoms with E-state index in [2.05, 4.69) is 42.6 Å². The quantitative estimate of drug-likeness (QED) is 0.398. The molecule has 11 heteroatoms. The van der Waals surface area contributed by atoms with E-state index in [4.69, 9.17) is 0 Å². The van der Waals surface area contributed by atoms with E-state index in [1.54, 1.807) is 29.8 Å². The van der Waals surface area contributed by atoms with Crippen molar-refractivity contribution >= 4 is 51.6 Å². The number of fused-ring (bicyclic) bond motifs is 1. The lowest BCUT2D eigenvalue weighted by molar-refractivity contribution is 0.299. The summed E-state index contributed by atoms with van der Waals surface area (Å²) in [5, 5.41) is 30.1. The second-order valence-corrected chi connectivity index (χ2v) is 8.36. The normalized spacial score (nSPS) is 17.5. The van der Waals surface area contributed by atoms with Crippen molar-refractivity contribution in [3.8, 4) is 28.1 Å². The Hall–Kier alpha value is -2.46. The molecule has 3 heterocycles. The molecular formula is C20H23Cl2N7OS. The van der Waals surface area contributed by atoms with Crippen molar-refractivity contribution in [1.82, 2.24) is 30.7 Å². The van der Waals surface area contributed by atoms with Crippen LogP contribution in [0.25, 0.3) is 32.7 Å². The third-order valence-corrected chi connectivity index (χ3v) is 6.70. The zero-order valence-corrected chi connectivity index (χ0v) is 19.4. The molecule has 0 radical (unpaired) electrons. The number of nitrogens with one attached hydrogen (secondary N) is 2. The smallest absolute Gasteiger partial charge is 0.194 e. The topological polar surface area (TPSA) is 103 Å². The van der Waals surface area contributed by atoms with Gasteiger partial charge in [-0.3, -0.25) is 5.10 Å². The predicted molar refractivity (Wildman–Crippen MR) is 129 cm³/mol. The number of thiazole rings is 1. The monoisotopic (exact) mass is 479 g/mol. The molecule has 0 atom stereocenters. The van der Waals surface area contributed by atoms with Gasteiger partial charge in [0.05, 0.1) is 16.6 Å². The summed E-state index contributed by atoms with van der Waals surface area (Å²) in [6, 6.07) is 8.55. The van der Waals surface area contributed by atoms with Crippen LogP contribution < -0.4 is 10.2 Å². The Kier molecular flexibility index (Phi) is 7.00. The molecule has 4 aromatic rings. The van der Waals surface area contributed by atoms with Gasteiger partial charge in [0, 0.05) is 36.5 Å². The molecule has 31 heavy (non-hydrogen) atoms. The Bertz CT molecular complexity index is 1160. The van der Waals surface area contributed by atoms with Crippen molar-refractivity contribution in [3.63, 3.8) is 0 Å². The number of anilines is 1. The molecule has 0 bridgehead atoms. The molecule has 0 amide bonds. The summed E-state index contributed by atoms with van der Waals surface area (Å²) in [6.07, 6.45) is 5.75. The zero-order valence-electron chi connectivity index (χ0n) is 16.9. The molecule has 8 nitrogen and oxygen atoms in total. The van der Waals surface area contributed by atoms with Gasteiger partial charge in [0.15, 0.2) is 10.8 Å². The van der Waals surface area contributed by atoms with Crippen molar-refractivity contribution in [2.75, 3.05) is 19.0 Å². The highest BCUT2D eigenvalue weighted by Gasteiger charge is 2.32. The summed E-state index contributed by atoms with van der Waals surface area (Å²) in [5.74, 6) is 0.159. The first kappa shape index (κ1) is 23.2. The molecule has 3 aromatic heterocycles. The van der Waals surface area contributed by atoms with E-state index in [0.717, 1.165) is 33.8 Å². The number of hydrogen-bond donors (Lipinski definition) is 3. The number of hydrogen-bond acceptors (Lipinski definition) is 8. The Morgan fingerprint density at radius 1 is 1.16 bits per heavy atom. The minimum atomic E-state index is 0. The molecule has 164 valence electrons. The lowest BCUT2D eigenvalue weighted by atomic mass is 9.86. The summed E-state index contributed by atoms with van der Waals surface area (Å²) < 4.78 is 0.958. The number of H-pyrrole nitrogens is 1. The molecule has 3 N–H and O–H groups in total. The minimum absolute atomic E-state index is 0. The van der Waals surface area contributed by atoms with Crippen molar-refractivity contribution in [1.29, 1.82) is 0 Å². The average molecular weight is 480 g/mol. The number of phenolic OH excluding ortho intramolecular Hbond substituents is 1. The van der Waals surface area contributed by atoms with Crippen LogP contribution in [0.5, 0.6) is 5.75 Å². The Morgan fingerprint density at radius 3 is 2.65 bits per heavy atom. The molecular weight excluding hydrogens is 457 g/mol. The summed E-state index contributed by atoms with van der Waals surface area (Å²) >= 11 is 1.61. The molecule has 0 unspecified atom stereocenters. The van der Waals surface area contributed by atoms with E-state index < -0.39 is 0 Å². The number of aromatic amines is 1. The number of halogens is 2. The van der Waals surface area contributed by atoms with E-state index in [9.17, 15) is 5.11 Å². The SMILES string of the molecule is CNC1CC(N(C)c2nc3nnc(-c4ccc(-c5cn[nH]c5)cc4O)cc3s2)C1.Cl.Cl. The summed E-state index contributed by atoms with van der Waals surface area (Å²) in [5.41, 5.74) is 3.71. The average Bonchev–Trinajstić information content (AvgIpc) is 3.36. The number of nitrogens with zero attached hydrogens (tertiary/aromatic N) is 5. The first-order valence-electron chi connectivity index (χ1n) is 9.49. The highest BCUT2D eigenvalue weighted by molar-refractivity contribution is 7.22. The van der Waals surface area contributed by atoms with Crippen LogP contribution >= 0.6 is 36.2 Å². The van der Waals surface area contributed by atoms with Crippen LogP contribution in [0.2, 0.25) is 0 Å². The van der Waals surface area contributed by atoms with Crippen molar-refractivity contribution < 1.29 is 5.11 Å². The fourth-order valence-electron chi connectivity index (χ4n) is 3.65. The third-order valence-electron chi connectivity index (χ3n) is 5.62. The maximum Gasteiger partial charge on any atom is 0.194 e. The maximum atomic E-state index is 10.5. The van der Waals surface area contributed by atoms with Gasteiger partial charge in [0.2, 0.25) is 0 Å². The van der Waals surface area contributed by atoms with Gasteiger partial charge < -0.3 is 15.3 Å². The van der Waals surface area contributed by atoms with Crippen molar-refractivity contribution in [3.05, 3.63) is 36.7 Å². The first-order valence-corrected chi connectivity index (χ1v) is 10.3. The highest BCUT2D eigenvalue weighted by atomic mass is 35.5. The van der Waals surface area contributed by atoms with Gasteiger partial charge in [-0.1, -0.05) is 17.4 Å². The fourth-order valence-corrected chi connectivity index (χ4v) is 4.62. The Balaban J connectivity index is 0.00000136. The lowest BCUT2D eigenvalue weighted by Crippen LogP contribution is -2.50. The van der Waals surface area contributed by atoms with E-state index in [1.165, 1.54) is 0 Å². The van der Waals surface area contributed by atoms with Gasteiger partial charge in [0.25, 0.3) is 0 Å². The first-order chi connectivity index (χ1) is 14.1. The fraction of sp³-hybridized carbons (Fsp3) is 0.300. The summed E-state index contributed by atoms with van der Waals surface area (Å²) in [6.45, 7) is 0. The van der Waals surface area contributed by atoms with Crippen molar-refractivity contribution in [2.45, 2.75) is 24.9 Å². The lowest BCUT2D eigenvalue weighted by Gasteiger charge is -2.40. The number of rotatable bonds is 5. The van der Waals surface area contributed by atoms with Gasteiger partial charge >= 0.3 is 0 Å². The molecule has 0 saturated heterocycles. The van der Waals surface area contributed by atoms with Gasteiger partial charge in [-0.25, -0.2) is 0 Å². The molecule has 1 aliphatic rings. The molecule has 0 aliphatic heterocycles. The maximum absolute atomic E-state index is 10.5. The van der Waals surface area contributed by atoms with E-state index in [0.29, 0.717) is 29.0 Å². The number of aromatic nitrogens is 5. The highest BCUT2D eigenvalue weighted by Crippen LogP contribution is 2.36. The summed E-state index contributed by atoms with van der Waals surface area (Å²) in [7, 11) is 4.09. The van der Waals surface area contributed by atoms with Crippen LogP contribution in [0.1, 0.15) is 12.8 Å². The molecule has 0 spiro atoms. The number of aromatic hydroxyl groups is 1. The zero-order chi connectivity index (χ0) is 20.0. The number of phenols is 1. The standard InChI is InChI=1S/C20H21N7OS.2ClH/c1-21-13-6-14(7-13)27(2)20-24-19-18(29-20)8-16(25-26-19)15-4-3-11(5-17(15)28)12-9-22-23-10-12;;/h3-5,8-10,13-14,21,28H,6-7H2,1-2H3,(H,22,23);2*1H. The van der Waals surface area contributed by atoms with E-state index in [1.807, 2.05) is 25.2 Å². The second-order valence-electron chi connectivity index (χ2n) is 7.35.